The first-order valence-electron chi connectivity index (χ1n) is 7.51. The Morgan fingerprint density at radius 3 is 2.65 bits per heavy atom. The van der Waals surface area contributed by atoms with Crippen molar-refractivity contribution in [2.75, 3.05) is 0 Å². The minimum absolute atomic E-state index is 0.445. The highest BCUT2D eigenvalue weighted by Gasteiger charge is 2.56. The summed E-state index contributed by atoms with van der Waals surface area (Å²) in [5.41, 5.74) is 5.22. The van der Waals surface area contributed by atoms with Crippen LogP contribution in [0, 0.1) is 11.3 Å². The molecule has 0 saturated heterocycles. The maximum atomic E-state index is 4.95. The van der Waals surface area contributed by atoms with Crippen molar-refractivity contribution in [3.8, 4) is 11.4 Å². The van der Waals surface area contributed by atoms with Crippen molar-refractivity contribution in [3.63, 3.8) is 0 Å². The molecule has 2 heteroatoms. The quantitative estimate of drug-likeness (QED) is 0.763. The standard InChI is InChI=1S/C18H20N2/c1-11-13-10-14(18(13,2)3)12-7-8-16(20-17(11)12)15-6-4-5-9-19-15/h4-9,11,13-14H,10H2,1-3H3/t11-,13-,14-/m0/s1. The number of pyridine rings is 2. The van der Waals surface area contributed by atoms with Gasteiger partial charge in [0.15, 0.2) is 0 Å². The molecule has 2 aromatic rings. The van der Waals surface area contributed by atoms with Crippen molar-refractivity contribution in [2.45, 2.75) is 39.0 Å². The summed E-state index contributed by atoms with van der Waals surface area (Å²) in [7, 11) is 0. The predicted molar refractivity (Wildman–Crippen MR) is 80.5 cm³/mol. The minimum Gasteiger partial charge on any atom is -0.255 e. The van der Waals surface area contributed by atoms with E-state index in [1.165, 1.54) is 17.7 Å². The van der Waals surface area contributed by atoms with E-state index in [1.54, 1.807) is 0 Å². The fourth-order valence-corrected chi connectivity index (χ4v) is 4.33. The monoisotopic (exact) mass is 264 g/mol. The Balaban J connectivity index is 1.82. The lowest BCUT2D eigenvalue weighted by atomic mass is 9.45. The molecule has 2 aromatic heterocycles. The molecule has 3 atom stereocenters. The first kappa shape index (κ1) is 12.1. The molecule has 0 amide bonds. The second kappa shape index (κ2) is 3.91. The predicted octanol–water partition coefficient (Wildman–Crippen LogP) is 4.39. The molecule has 3 aliphatic carbocycles. The third kappa shape index (κ3) is 1.45. The van der Waals surface area contributed by atoms with E-state index in [-0.39, 0.29) is 0 Å². The number of hydrogen-bond donors (Lipinski definition) is 0. The van der Waals surface area contributed by atoms with Gasteiger partial charge in [0.1, 0.15) is 0 Å². The highest BCUT2D eigenvalue weighted by atomic mass is 14.8. The summed E-state index contributed by atoms with van der Waals surface area (Å²) in [6.07, 6.45) is 3.17. The summed E-state index contributed by atoms with van der Waals surface area (Å²) in [5, 5.41) is 0. The SMILES string of the molecule is C[C@@H]1c2nc(-c3ccccn3)ccc2[C@@H]2C[C@@H]1C2(C)C. The molecule has 0 aromatic carbocycles. The lowest BCUT2D eigenvalue weighted by Crippen LogP contribution is -2.50. The Labute approximate surface area is 120 Å². The number of nitrogens with zero attached hydrogens (tertiary/aromatic N) is 2. The van der Waals surface area contributed by atoms with E-state index in [0.29, 0.717) is 17.3 Å². The average molecular weight is 264 g/mol. The summed E-state index contributed by atoms with van der Waals surface area (Å²) in [5.74, 6) is 2.05. The van der Waals surface area contributed by atoms with Crippen LogP contribution in [0.25, 0.3) is 11.4 Å². The lowest BCUT2D eigenvalue weighted by Gasteiger charge is -2.59. The van der Waals surface area contributed by atoms with Crippen LogP contribution in [0.1, 0.15) is 50.3 Å². The molecule has 0 spiro atoms. The van der Waals surface area contributed by atoms with Gasteiger partial charge in [-0.1, -0.05) is 32.9 Å². The molecule has 0 unspecified atom stereocenters. The van der Waals surface area contributed by atoms with E-state index in [1.807, 2.05) is 24.4 Å². The van der Waals surface area contributed by atoms with Gasteiger partial charge in [0.2, 0.25) is 0 Å². The van der Waals surface area contributed by atoms with Crippen LogP contribution in [0.2, 0.25) is 0 Å². The van der Waals surface area contributed by atoms with Crippen molar-refractivity contribution >= 4 is 0 Å². The van der Waals surface area contributed by atoms with Crippen LogP contribution in [0.4, 0.5) is 0 Å². The van der Waals surface area contributed by atoms with Crippen molar-refractivity contribution in [1.29, 1.82) is 0 Å². The summed E-state index contributed by atoms with van der Waals surface area (Å²) in [6, 6.07) is 10.4. The van der Waals surface area contributed by atoms with Crippen molar-refractivity contribution in [1.82, 2.24) is 9.97 Å². The molecule has 2 heterocycles. The van der Waals surface area contributed by atoms with E-state index >= 15 is 0 Å². The molecule has 2 bridgehead atoms. The Morgan fingerprint density at radius 2 is 1.95 bits per heavy atom. The van der Waals surface area contributed by atoms with Gasteiger partial charge in [0, 0.05) is 17.8 Å². The van der Waals surface area contributed by atoms with Crippen LogP contribution in [-0.2, 0) is 0 Å². The lowest BCUT2D eigenvalue weighted by molar-refractivity contribution is -0.00271. The molecule has 0 radical (unpaired) electrons. The molecule has 20 heavy (non-hydrogen) atoms. The van der Waals surface area contributed by atoms with Gasteiger partial charge in [0.05, 0.1) is 11.4 Å². The van der Waals surface area contributed by atoms with Gasteiger partial charge in [-0.05, 0) is 47.4 Å². The van der Waals surface area contributed by atoms with Gasteiger partial charge in [-0.3, -0.25) is 9.97 Å². The third-order valence-corrected chi connectivity index (χ3v) is 5.64. The fraction of sp³-hybridized carbons (Fsp3) is 0.444. The Morgan fingerprint density at radius 1 is 1.10 bits per heavy atom. The van der Waals surface area contributed by atoms with Gasteiger partial charge < -0.3 is 0 Å². The van der Waals surface area contributed by atoms with Crippen LogP contribution in [0.3, 0.4) is 0 Å². The van der Waals surface area contributed by atoms with Crippen molar-refractivity contribution in [2.24, 2.45) is 11.3 Å². The molecule has 0 N–H and O–H groups in total. The van der Waals surface area contributed by atoms with Crippen LogP contribution < -0.4 is 0 Å². The fourth-order valence-electron chi connectivity index (χ4n) is 4.33. The first-order chi connectivity index (χ1) is 9.59. The van der Waals surface area contributed by atoms with Gasteiger partial charge in [-0.15, -0.1) is 0 Å². The second-order valence-electron chi connectivity index (χ2n) is 6.89. The van der Waals surface area contributed by atoms with Crippen molar-refractivity contribution in [3.05, 3.63) is 47.8 Å². The molecular weight excluding hydrogens is 244 g/mol. The van der Waals surface area contributed by atoms with Crippen LogP contribution >= 0.6 is 0 Å². The van der Waals surface area contributed by atoms with Gasteiger partial charge in [-0.2, -0.15) is 0 Å². The largest absolute Gasteiger partial charge is 0.255 e. The van der Waals surface area contributed by atoms with Crippen LogP contribution in [0.15, 0.2) is 36.5 Å². The number of aromatic nitrogens is 2. The van der Waals surface area contributed by atoms with E-state index < -0.39 is 0 Å². The highest BCUT2D eigenvalue weighted by molar-refractivity contribution is 5.56. The van der Waals surface area contributed by atoms with Crippen LogP contribution in [0.5, 0.6) is 0 Å². The third-order valence-electron chi connectivity index (χ3n) is 5.64. The highest BCUT2D eigenvalue weighted by Crippen LogP contribution is 2.66. The van der Waals surface area contributed by atoms with E-state index in [4.69, 9.17) is 4.98 Å². The second-order valence-corrected chi connectivity index (χ2v) is 6.89. The number of rotatable bonds is 1. The average Bonchev–Trinajstić information content (AvgIpc) is 2.47. The molecule has 2 nitrogen and oxygen atoms in total. The topological polar surface area (TPSA) is 25.8 Å². The first-order valence-corrected chi connectivity index (χ1v) is 7.51. The van der Waals surface area contributed by atoms with Gasteiger partial charge in [-0.25, -0.2) is 0 Å². The summed E-state index contributed by atoms with van der Waals surface area (Å²) in [6.45, 7) is 7.17. The van der Waals surface area contributed by atoms with E-state index in [9.17, 15) is 0 Å². The van der Waals surface area contributed by atoms with E-state index in [0.717, 1.165) is 17.3 Å². The van der Waals surface area contributed by atoms with Crippen molar-refractivity contribution < 1.29 is 0 Å². The molecule has 102 valence electrons. The maximum absolute atomic E-state index is 4.95. The molecule has 1 fully saturated rings. The summed E-state index contributed by atoms with van der Waals surface area (Å²) >= 11 is 0. The number of hydrogen-bond acceptors (Lipinski definition) is 2. The Hall–Kier alpha value is -1.70. The minimum atomic E-state index is 0.445. The zero-order valence-electron chi connectivity index (χ0n) is 12.3. The smallest absolute Gasteiger partial charge is 0.0889 e. The molecule has 0 aliphatic heterocycles. The molecule has 1 saturated carbocycles. The zero-order valence-corrected chi connectivity index (χ0v) is 12.3. The van der Waals surface area contributed by atoms with Crippen LogP contribution in [-0.4, -0.2) is 9.97 Å². The molecule has 3 aliphatic rings. The van der Waals surface area contributed by atoms with E-state index in [2.05, 4.69) is 37.9 Å². The van der Waals surface area contributed by atoms with Gasteiger partial charge >= 0.3 is 0 Å². The Kier molecular flexibility index (Phi) is 2.36. The van der Waals surface area contributed by atoms with Gasteiger partial charge in [0.25, 0.3) is 0 Å². The normalized spacial score (nSPS) is 29.4. The molecule has 5 rings (SSSR count). The Bertz CT molecular complexity index is 660. The summed E-state index contributed by atoms with van der Waals surface area (Å²) in [4.78, 5) is 9.37. The molecular formula is C18H20N2. The zero-order chi connectivity index (χ0) is 13.9. The maximum Gasteiger partial charge on any atom is 0.0889 e. The summed E-state index contributed by atoms with van der Waals surface area (Å²) < 4.78 is 0.